The van der Waals surface area contributed by atoms with E-state index in [1.165, 1.54) is 24.3 Å². The zero-order chi connectivity index (χ0) is 9.90. The molecule has 1 aromatic carbocycles. The first-order valence-corrected chi connectivity index (χ1v) is 4.21. The maximum absolute atomic E-state index is 12.7. The highest BCUT2D eigenvalue weighted by atomic mass is 35.5. The fraction of sp³-hybridized carbons (Fsp3) is 0.250. The predicted octanol–water partition coefficient (Wildman–Crippen LogP) is 3.26. The molecule has 0 saturated carbocycles. The fourth-order valence-electron chi connectivity index (χ4n) is 0.641. The van der Waals surface area contributed by atoms with Gasteiger partial charge < -0.3 is 4.74 Å². The Hall–Kier alpha value is -0.540. The van der Waals surface area contributed by atoms with Crippen molar-refractivity contribution in [1.82, 2.24) is 0 Å². The zero-order valence-electron chi connectivity index (χ0n) is 6.31. The Morgan fingerprint density at radius 2 is 1.85 bits per heavy atom. The summed E-state index contributed by atoms with van der Waals surface area (Å²) >= 11 is 10.0. The summed E-state index contributed by atoms with van der Waals surface area (Å²) in [6.07, 6.45) is -3.58. The van der Waals surface area contributed by atoms with Crippen molar-refractivity contribution in [3.63, 3.8) is 0 Å². The lowest BCUT2D eigenvalue weighted by Crippen LogP contribution is -2.32. The monoisotopic (exact) mass is 225 g/mol. The second-order valence-electron chi connectivity index (χ2n) is 2.20. The molecule has 71 valence electrons. The summed E-state index contributed by atoms with van der Waals surface area (Å²) in [5, 5.41) is 0. The van der Waals surface area contributed by atoms with E-state index in [0.29, 0.717) is 0 Å². The summed E-state index contributed by atoms with van der Waals surface area (Å²) < 4.78 is 29.7. The summed E-state index contributed by atoms with van der Waals surface area (Å²) in [4.78, 5) is -1.89. The third kappa shape index (κ3) is 3.01. The van der Waals surface area contributed by atoms with E-state index in [4.69, 9.17) is 23.2 Å². The Labute approximate surface area is 84.2 Å². The summed E-state index contributed by atoms with van der Waals surface area (Å²) in [6.45, 7) is 0. The van der Waals surface area contributed by atoms with Gasteiger partial charge >= 0.3 is 6.11 Å². The fourth-order valence-corrected chi connectivity index (χ4v) is 0.730. The number of hydrogen-bond donors (Lipinski definition) is 0. The molecule has 13 heavy (non-hydrogen) atoms. The van der Waals surface area contributed by atoms with E-state index >= 15 is 0 Å². The van der Waals surface area contributed by atoms with Gasteiger partial charge in [-0.1, -0.05) is 35.3 Å². The first-order chi connectivity index (χ1) is 6.02. The summed E-state index contributed by atoms with van der Waals surface area (Å²) in [5.74, 6) is -0.00458. The van der Waals surface area contributed by atoms with Gasteiger partial charge in [0.2, 0.25) is 4.84 Å². The van der Waals surface area contributed by atoms with Crippen molar-refractivity contribution in [1.29, 1.82) is 0 Å². The maximum Gasteiger partial charge on any atom is 0.428 e. The van der Waals surface area contributed by atoms with Crippen LogP contribution in [-0.4, -0.2) is 10.9 Å². The molecule has 0 fully saturated rings. The SMILES string of the molecule is FC(F)(Oc1cc[c]cc1)C(Cl)Cl. The van der Waals surface area contributed by atoms with E-state index in [2.05, 4.69) is 10.8 Å². The van der Waals surface area contributed by atoms with E-state index in [0.717, 1.165) is 0 Å². The van der Waals surface area contributed by atoms with Gasteiger partial charge in [-0.05, 0) is 18.2 Å². The molecule has 1 radical (unpaired) electrons. The van der Waals surface area contributed by atoms with Crippen LogP contribution in [0, 0.1) is 6.07 Å². The van der Waals surface area contributed by atoms with E-state index in [1.807, 2.05) is 0 Å². The molecule has 0 atom stereocenters. The van der Waals surface area contributed by atoms with E-state index < -0.39 is 10.9 Å². The highest BCUT2D eigenvalue weighted by molar-refractivity contribution is 6.44. The molecule has 5 heteroatoms. The molecule has 0 bridgehead atoms. The largest absolute Gasteiger partial charge is 0.431 e. The van der Waals surface area contributed by atoms with Gasteiger partial charge in [-0.3, -0.25) is 0 Å². The van der Waals surface area contributed by atoms with Gasteiger partial charge in [0, 0.05) is 0 Å². The number of hydrogen-bond acceptors (Lipinski definition) is 1. The molecule has 0 amide bonds. The summed E-state index contributed by atoms with van der Waals surface area (Å²) in [5.41, 5.74) is 0. The van der Waals surface area contributed by atoms with Crippen molar-refractivity contribution in [3.8, 4) is 5.75 Å². The third-order valence-electron chi connectivity index (χ3n) is 1.20. The lowest BCUT2D eigenvalue weighted by molar-refractivity contribution is -0.163. The normalized spacial score (nSPS) is 11.8. The topological polar surface area (TPSA) is 9.23 Å². The first-order valence-electron chi connectivity index (χ1n) is 3.33. The number of benzene rings is 1. The Morgan fingerprint density at radius 1 is 1.31 bits per heavy atom. The molecule has 0 aromatic heterocycles. The molecule has 0 heterocycles. The minimum atomic E-state index is -3.58. The molecule has 0 saturated heterocycles. The molecule has 0 spiro atoms. The quantitative estimate of drug-likeness (QED) is 0.718. The van der Waals surface area contributed by atoms with Gasteiger partial charge in [0.15, 0.2) is 0 Å². The first kappa shape index (κ1) is 10.5. The Kier molecular flexibility index (Phi) is 3.33. The van der Waals surface area contributed by atoms with Crippen LogP contribution in [0.15, 0.2) is 24.3 Å². The number of ether oxygens (including phenoxy) is 1. The maximum atomic E-state index is 12.7. The van der Waals surface area contributed by atoms with Crippen LogP contribution in [0.4, 0.5) is 8.78 Å². The lowest BCUT2D eigenvalue weighted by Gasteiger charge is -2.18. The number of alkyl halides is 4. The van der Waals surface area contributed by atoms with Gasteiger partial charge in [-0.2, -0.15) is 8.78 Å². The smallest absolute Gasteiger partial charge is 0.428 e. The van der Waals surface area contributed by atoms with Crippen LogP contribution in [0.25, 0.3) is 0 Å². The van der Waals surface area contributed by atoms with Crippen LogP contribution < -0.4 is 4.74 Å². The number of halogens is 4. The second-order valence-corrected chi connectivity index (χ2v) is 3.30. The van der Waals surface area contributed by atoms with Crippen molar-refractivity contribution < 1.29 is 13.5 Å². The van der Waals surface area contributed by atoms with E-state index in [9.17, 15) is 8.78 Å². The van der Waals surface area contributed by atoms with Gasteiger partial charge in [-0.15, -0.1) is 0 Å². The van der Waals surface area contributed by atoms with Crippen LogP contribution in [0.2, 0.25) is 0 Å². The average molecular weight is 226 g/mol. The molecule has 0 unspecified atom stereocenters. The van der Waals surface area contributed by atoms with Gasteiger partial charge in [-0.25, -0.2) is 0 Å². The third-order valence-corrected chi connectivity index (χ3v) is 1.70. The summed E-state index contributed by atoms with van der Waals surface area (Å²) in [6, 6.07) is 8.23. The minimum absolute atomic E-state index is 0.00458. The predicted molar refractivity (Wildman–Crippen MR) is 46.3 cm³/mol. The van der Waals surface area contributed by atoms with Gasteiger partial charge in [0.05, 0.1) is 0 Å². The zero-order valence-corrected chi connectivity index (χ0v) is 7.82. The van der Waals surface area contributed by atoms with Gasteiger partial charge in [0.1, 0.15) is 5.75 Å². The highest BCUT2D eigenvalue weighted by Crippen LogP contribution is 2.29. The van der Waals surface area contributed by atoms with Crippen molar-refractivity contribution in [2.24, 2.45) is 0 Å². The highest BCUT2D eigenvalue weighted by Gasteiger charge is 2.40. The van der Waals surface area contributed by atoms with Gasteiger partial charge in [0.25, 0.3) is 0 Å². The van der Waals surface area contributed by atoms with Crippen LogP contribution in [0.3, 0.4) is 0 Å². The lowest BCUT2D eigenvalue weighted by atomic mass is 10.3. The molecular formula is C8H5Cl2F2O. The van der Waals surface area contributed by atoms with E-state index in [1.54, 1.807) is 0 Å². The average Bonchev–Trinajstić information content (AvgIpc) is 2.05. The molecule has 0 aliphatic rings. The van der Waals surface area contributed by atoms with Crippen molar-refractivity contribution >= 4 is 23.2 Å². The Balaban J connectivity index is 2.69. The Bertz CT molecular complexity index is 264. The Morgan fingerprint density at radius 3 is 2.31 bits per heavy atom. The molecule has 0 N–H and O–H groups in total. The number of rotatable bonds is 3. The van der Waals surface area contributed by atoms with Crippen molar-refractivity contribution in [2.75, 3.05) is 0 Å². The molecule has 1 aromatic rings. The standard InChI is InChI=1S/C8H5Cl2F2O/c9-7(10)8(11,12)13-6-4-2-1-3-5-6/h2-5,7H. The summed E-state index contributed by atoms with van der Waals surface area (Å²) in [7, 11) is 0. The van der Waals surface area contributed by atoms with Crippen molar-refractivity contribution in [2.45, 2.75) is 10.9 Å². The van der Waals surface area contributed by atoms with Crippen LogP contribution in [0.5, 0.6) is 5.75 Å². The second kappa shape index (κ2) is 4.11. The minimum Gasteiger partial charge on any atom is -0.431 e. The van der Waals surface area contributed by atoms with Crippen LogP contribution in [0.1, 0.15) is 0 Å². The molecule has 1 nitrogen and oxygen atoms in total. The molecule has 0 aliphatic heterocycles. The van der Waals surface area contributed by atoms with Crippen LogP contribution >= 0.6 is 23.2 Å². The molecule has 0 aliphatic carbocycles. The van der Waals surface area contributed by atoms with Crippen molar-refractivity contribution in [3.05, 3.63) is 30.3 Å². The molecular weight excluding hydrogens is 221 g/mol. The van der Waals surface area contributed by atoms with E-state index in [-0.39, 0.29) is 5.75 Å². The molecule has 1 rings (SSSR count). The van der Waals surface area contributed by atoms with Crippen LogP contribution in [-0.2, 0) is 0 Å².